The molecular formula is C5H4NO3S2+. The van der Waals surface area contributed by atoms with Crippen LogP contribution in [-0.2, 0) is 9.59 Å². The van der Waals surface area contributed by atoms with Gasteiger partial charge in [0.05, 0.1) is 0 Å². The van der Waals surface area contributed by atoms with Crippen molar-refractivity contribution in [2.45, 2.75) is 11.8 Å². The molecule has 1 atom stereocenters. The quantitative estimate of drug-likeness (QED) is 0.362. The molecule has 4 nitrogen and oxygen atoms in total. The lowest BCUT2D eigenvalue weighted by molar-refractivity contribution is -0.499. The second-order valence-corrected chi connectivity index (χ2v) is 4.58. The van der Waals surface area contributed by atoms with E-state index in [1.165, 1.54) is 26.2 Å². The summed E-state index contributed by atoms with van der Waals surface area (Å²) < 4.78 is 1.34. The van der Waals surface area contributed by atoms with Crippen LogP contribution in [-0.4, -0.2) is 32.0 Å². The van der Waals surface area contributed by atoms with Crippen LogP contribution < -0.4 is 0 Å². The number of fused-ring (bicyclic) bond motifs is 1. The van der Waals surface area contributed by atoms with Gasteiger partial charge in [0, 0.05) is 10.8 Å². The number of carbonyl (C=O) groups is 2. The Kier molecular flexibility index (Phi) is 1.47. The lowest BCUT2D eigenvalue weighted by Gasteiger charge is -2.12. The van der Waals surface area contributed by atoms with Gasteiger partial charge in [0.1, 0.15) is 6.42 Å². The number of carboxylic acids is 1. The first-order valence-electron chi connectivity index (χ1n) is 2.96. The van der Waals surface area contributed by atoms with Gasteiger partial charge in [-0.1, -0.05) is 0 Å². The highest BCUT2D eigenvalue weighted by Crippen LogP contribution is 2.42. The van der Waals surface area contributed by atoms with Crippen LogP contribution in [0.25, 0.3) is 0 Å². The van der Waals surface area contributed by atoms with Gasteiger partial charge in [-0.15, -0.1) is 4.58 Å². The van der Waals surface area contributed by atoms with E-state index in [0.29, 0.717) is 6.42 Å². The molecule has 0 aromatic rings. The van der Waals surface area contributed by atoms with Gasteiger partial charge >= 0.3 is 16.9 Å². The molecule has 0 aliphatic carbocycles. The van der Waals surface area contributed by atoms with Gasteiger partial charge < -0.3 is 5.11 Å². The second kappa shape index (κ2) is 2.25. The van der Waals surface area contributed by atoms with Gasteiger partial charge in [-0.2, -0.15) is 0 Å². The summed E-state index contributed by atoms with van der Waals surface area (Å²) in [4.78, 5) is 21.3. The van der Waals surface area contributed by atoms with Gasteiger partial charge in [-0.05, 0) is 10.8 Å². The number of carboxylic acid groups (broad SMARTS) is 1. The zero-order chi connectivity index (χ0) is 8.01. The van der Waals surface area contributed by atoms with Crippen LogP contribution in [0.15, 0.2) is 0 Å². The van der Waals surface area contributed by atoms with Gasteiger partial charge in [-0.3, -0.25) is 0 Å². The van der Waals surface area contributed by atoms with Crippen LogP contribution >= 0.6 is 21.6 Å². The topological polar surface area (TPSA) is 57.4 Å². The number of hydrogen-bond acceptors (Lipinski definition) is 4. The van der Waals surface area contributed by atoms with Crippen LogP contribution in [0.5, 0.6) is 0 Å². The Hall–Kier alpha value is -0.490. The summed E-state index contributed by atoms with van der Waals surface area (Å²) in [6.07, 6.45) is 0.481. The molecule has 0 saturated carbocycles. The minimum Gasteiger partial charge on any atom is -0.473 e. The van der Waals surface area contributed by atoms with Crippen molar-refractivity contribution in [1.29, 1.82) is 0 Å². The van der Waals surface area contributed by atoms with Gasteiger partial charge in [0.2, 0.25) is 5.37 Å². The summed E-state index contributed by atoms with van der Waals surface area (Å²) in [5.74, 6) is -1.08. The van der Waals surface area contributed by atoms with Crippen molar-refractivity contribution in [2.24, 2.45) is 0 Å². The fraction of sp³-hybridized carbons (Fsp3) is 0.400. The smallest absolute Gasteiger partial charge is 0.409 e. The Morgan fingerprint density at radius 3 is 2.91 bits per heavy atom. The van der Waals surface area contributed by atoms with Crippen molar-refractivity contribution in [1.82, 2.24) is 0 Å². The monoisotopic (exact) mass is 190 g/mol. The van der Waals surface area contributed by atoms with Crippen LogP contribution in [0.1, 0.15) is 6.42 Å². The van der Waals surface area contributed by atoms with Crippen molar-refractivity contribution >= 4 is 38.5 Å². The van der Waals surface area contributed by atoms with Gasteiger partial charge in [0.25, 0.3) is 0 Å². The normalized spacial score (nSPS) is 28.4. The Morgan fingerprint density at radius 1 is 1.73 bits per heavy atom. The predicted octanol–water partition coefficient (Wildman–Crippen LogP) is 0.133. The molecule has 2 rings (SSSR count). The van der Waals surface area contributed by atoms with Crippen LogP contribution in [0.3, 0.4) is 0 Å². The molecule has 1 fully saturated rings. The molecule has 2 aliphatic heterocycles. The zero-order valence-electron chi connectivity index (χ0n) is 5.31. The van der Waals surface area contributed by atoms with E-state index in [1.807, 2.05) is 0 Å². The van der Waals surface area contributed by atoms with E-state index < -0.39 is 5.97 Å². The van der Waals surface area contributed by atoms with Crippen molar-refractivity contribution in [3.63, 3.8) is 0 Å². The third kappa shape index (κ3) is 0.893. The fourth-order valence-electron chi connectivity index (χ4n) is 0.988. The Bertz CT molecular complexity index is 275. The fourth-order valence-corrected chi connectivity index (χ4v) is 3.68. The summed E-state index contributed by atoms with van der Waals surface area (Å²) in [7, 11) is 2.61. The number of rotatable bonds is 1. The van der Waals surface area contributed by atoms with Crippen LogP contribution in [0.2, 0.25) is 0 Å². The first-order valence-corrected chi connectivity index (χ1v) is 5.17. The molecule has 1 saturated heterocycles. The number of aliphatic carboxylic acids is 1. The number of nitrogens with zero attached hydrogens (tertiary/aromatic N) is 1. The molecule has 6 heteroatoms. The Labute approximate surface area is 70.1 Å². The van der Waals surface area contributed by atoms with E-state index >= 15 is 0 Å². The standard InChI is InChI=1S/C5H3NO3S2/c7-2-1-3-6(2)4(5(8)9)11-10-3/h3H,1H2/p+1/t3-/m1/s1. The summed E-state index contributed by atoms with van der Waals surface area (Å²) in [5, 5.41) is 8.83. The molecule has 1 amide bonds. The zero-order valence-corrected chi connectivity index (χ0v) is 6.94. The molecule has 2 aliphatic rings. The Morgan fingerprint density at radius 2 is 2.45 bits per heavy atom. The minimum atomic E-state index is -1.00. The summed E-state index contributed by atoms with van der Waals surface area (Å²) >= 11 is 0. The first kappa shape index (κ1) is 7.17. The largest absolute Gasteiger partial charge is 0.473 e. The molecular weight excluding hydrogens is 186 g/mol. The number of β-lactam (4-membered cyclic amide) rings is 1. The summed E-state index contributed by atoms with van der Waals surface area (Å²) in [6.45, 7) is 0. The third-order valence-corrected chi connectivity index (χ3v) is 4.20. The molecule has 0 bridgehead atoms. The molecule has 0 aromatic carbocycles. The van der Waals surface area contributed by atoms with E-state index in [2.05, 4.69) is 0 Å². The molecule has 0 unspecified atom stereocenters. The van der Waals surface area contributed by atoms with Crippen LogP contribution in [0.4, 0.5) is 0 Å². The lowest BCUT2D eigenvalue weighted by atomic mass is 10.2. The van der Waals surface area contributed by atoms with Gasteiger partial charge in [0.15, 0.2) is 0 Å². The predicted molar refractivity (Wildman–Crippen MR) is 41.5 cm³/mol. The molecule has 58 valence electrons. The maximum Gasteiger partial charge on any atom is 0.409 e. The van der Waals surface area contributed by atoms with Crippen molar-refractivity contribution in [3.05, 3.63) is 0 Å². The molecule has 11 heavy (non-hydrogen) atoms. The lowest BCUT2D eigenvalue weighted by Crippen LogP contribution is -2.44. The van der Waals surface area contributed by atoms with E-state index in [9.17, 15) is 9.59 Å². The van der Waals surface area contributed by atoms with Crippen molar-refractivity contribution < 1.29 is 19.3 Å². The highest BCUT2D eigenvalue weighted by Gasteiger charge is 2.53. The summed E-state index contributed by atoms with van der Waals surface area (Å²) in [5.41, 5.74) is 0. The third-order valence-electron chi connectivity index (χ3n) is 1.55. The molecule has 0 radical (unpaired) electrons. The number of hydrogen-bond donors (Lipinski definition) is 1. The average molecular weight is 190 g/mol. The van der Waals surface area contributed by atoms with Crippen molar-refractivity contribution in [3.8, 4) is 0 Å². The number of amides is 1. The summed E-state index contributed by atoms with van der Waals surface area (Å²) in [6, 6.07) is 0. The molecule has 0 aromatic heterocycles. The van der Waals surface area contributed by atoms with Crippen LogP contribution in [0, 0.1) is 0 Å². The molecule has 2 heterocycles. The van der Waals surface area contributed by atoms with E-state index in [1.54, 1.807) is 0 Å². The highest BCUT2D eigenvalue weighted by atomic mass is 33.1. The van der Waals surface area contributed by atoms with Crippen molar-refractivity contribution in [2.75, 3.05) is 0 Å². The number of carbonyl (C=O) groups excluding carboxylic acids is 1. The molecule has 0 spiro atoms. The first-order chi connectivity index (χ1) is 5.20. The van der Waals surface area contributed by atoms with Gasteiger partial charge in [-0.25, -0.2) is 9.59 Å². The SMILES string of the molecule is O=C(O)C1=[N+]2C(=O)C[C@H]2SS1. The molecule has 1 N–H and O–H groups in total. The minimum absolute atomic E-state index is 0.0788. The maximum absolute atomic E-state index is 10.8. The van der Waals surface area contributed by atoms with E-state index in [0.717, 1.165) is 0 Å². The highest BCUT2D eigenvalue weighted by molar-refractivity contribution is 8.83. The average Bonchev–Trinajstić information content (AvgIpc) is 2.25. The van der Waals surface area contributed by atoms with E-state index in [4.69, 9.17) is 5.11 Å². The second-order valence-electron chi connectivity index (χ2n) is 2.21. The Balaban J connectivity index is 2.38. The van der Waals surface area contributed by atoms with E-state index in [-0.39, 0.29) is 16.3 Å². The maximum atomic E-state index is 10.8.